The second-order valence-corrected chi connectivity index (χ2v) is 8.47. The van der Waals surface area contributed by atoms with E-state index in [9.17, 15) is 14.7 Å². The number of β-amino-alcohol motifs (C(OH)–C–C–N with tert-alkyl or cyclic N) is 1. The number of rotatable bonds is 6. The van der Waals surface area contributed by atoms with Crippen LogP contribution in [0, 0.1) is 0 Å². The van der Waals surface area contributed by atoms with Crippen LogP contribution in [0.15, 0.2) is 54.6 Å². The Morgan fingerprint density at radius 2 is 1.74 bits per heavy atom. The van der Waals surface area contributed by atoms with Crippen molar-refractivity contribution in [3.63, 3.8) is 0 Å². The number of amides is 1. The first-order valence-corrected chi connectivity index (χ1v) is 10.9. The second kappa shape index (κ2) is 9.10. The molecule has 2 aliphatic rings. The number of hydrogen-bond acceptors (Lipinski definition) is 5. The smallest absolute Gasteiger partial charge is 0.329 e. The first kappa shape index (κ1) is 21.4. The summed E-state index contributed by atoms with van der Waals surface area (Å²) in [6.07, 6.45) is 2.85. The molecule has 1 saturated carbocycles. The van der Waals surface area contributed by atoms with Crippen molar-refractivity contribution < 1.29 is 24.2 Å². The summed E-state index contributed by atoms with van der Waals surface area (Å²) in [6.45, 7) is 0.305. The molecule has 31 heavy (non-hydrogen) atoms. The number of benzene rings is 2. The van der Waals surface area contributed by atoms with Crippen LogP contribution in [0.1, 0.15) is 43.2 Å². The van der Waals surface area contributed by atoms with Gasteiger partial charge in [0.15, 0.2) is 0 Å². The van der Waals surface area contributed by atoms with E-state index in [0.717, 1.165) is 42.6 Å². The normalized spacial score (nSPS) is 22.3. The Labute approximate surface area is 182 Å². The van der Waals surface area contributed by atoms with Crippen molar-refractivity contribution in [3.8, 4) is 5.75 Å². The molecule has 6 nitrogen and oxygen atoms in total. The van der Waals surface area contributed by atoms with E-state index < -0.39 is 23.5 Å². The molecule has 0 bridgehead atoms. The largest absolute Gasteiger partial charge is 0.497 e. The van der Waals surface area contributed by atoms with Crippen molar-refractivity contribution in [2.24, 2.45) is 0 Å². The predicted molar refractivity (Wildman–Crippen MR) is 116 cm³/mol. The van der Waals surface area contributed by atoms with Crippen LogP contribution in [0.2, 0.25) is 0 Å². The minimum Gasteiger partial charge on any atom is -0.497 e. The molecule has 0 unspecified atom stereocenters. The highest BCUT2D eigenvalue weighted by Gasteiger charge is 2.50. The molecule has 1 amide bonds. The van der Waals surface area contributed by atoms with Crippen LogP contribution in [0.25, 0.3) is 0 Å². The van der Waals surface area contributed by atoms with Crippen molar-refractivity contribution in [1.29, 1.82) is 0 Å². The molecule has 2 fully saturated rings. The Morgan fingerprint density at radius 1 is 1.06 bits per heavy atom. The van der Waals surface area contributed by atoms with Crippen molar-refractivity contribution in [1.82, 2.24) is 4.90 Å². The zero-order valence-electron chi connectivity index (χ0n) is 17.8. The summed E-state index contributed by atoms with van der Waals surface area (Å²) < 4.78 is 10.8. The molecule has 1 saturated heterocycles. The van der Waals surface area contributed by atoms with Gasteiger partial charge in [0.2, 0.25) is 5.91 Å². The maximum atomic E-state index is 13.8. The molecule has 0 radical (unpaired) electrons. The summed E-state index contributed by atoms with van der Waals surface area (Å²) in [5, 5.41) is 10.3. The third kappa shape index (κ3) is 4.30. The summed E-state index contributed by atoms with van der Waals surface area (Å²) in [7, 11) is 1.61. The maximum Gasteiger partial charge on any atom is 0.329 e. The highest BCUT2D eigenvalue weighted by Crippen LogP contribution is 2.44. The van der Waals surface area contributed by atoms with Gasteiger partial charge in [0.25, 0.3) is 0 Å². The minimum absolute atomic E-state index is 0.0895. The van der Waals surface area contributed by atoms with Crippen molar-refractivity contribution in [3.05, 3.63) is 65.7 Å². The average Bonchev–Trinajstić information content (AvgIpc) is 3.46. The van der Waals surface area contributed by atoms with Gasteiger partial charge in [0.05, 0.1) is 18.6 Å². The number of likely N-dealkylation sites (tertiary alicyclic amines) is 1. The summed E-state index contributed by atoms with van der Waals surface area (Å²) in [4.78, 5) is 28.3. The molecule has 1 aliphatic heterocycles. The molecule has 2 atom stereocenters. The fourth-order valence-corrected chi connectivity index (χ4v) is 4.88. The third-order valence-corrected chi connectivity index (χ3v) is 6.54. The van der Waals surface area contributed by atoms with E-state index in [4.69, 9.17) is 9.47 Å². The number of nitrogens with zero attached hydrogens (tertiary/aromatic N) is 1. The van der Waals surface area contributed by atoms with Gasteiger partial charge in [-0.1, -0.05) is 55.3 Å². The minimum atomic E-state index is -0.762. The molecule has 1 heterocycles. The van der Waals surface area contributed by atoms with Gasteiger partial charge in [0, 0.05) is 13.0 Å². The molecule has 4 rings (SSSR count). The molecule has 0 spiro atoms. The zero-order chi connectivity index (χ0) is 21.8. The van der Waals surface area contributed by atoms with E-state index in [2.05, 4.69) is 0 Å². The molecule has 6 heteroatoms. The molecular formula is C25H29NO5. The summed E-state index contributed by atoms with van der Waals surface area (Å²) in [6, 6.07) is 16.3. The van der Waals surface area contributed by atoms with Gasteiger partial charge < -0.3 is 19.5 Å². The Kier molecular flexibility index (Phi) is 6.28. The highest BCUT2D eigenvalue weighted by atomic mass is 16.5. The van der Waals surface area contributed by atoms with E-state index in [1.165, 1.54) is 0 Å². The lowest BCUT2D eigenvalue weighted by atomic mass is 9.77. The lowest BCUT2D eigenvalue weighted by Crippen LogP contribution is -2.50. The van der Waals surface area contributed by atoms with Crippen LogP contribution in [0.4, 0.5) is 0 Å². The van der Waals surface area contributed by atoms with E-state index in [1.807, 2.05) is 54.6 Å². The van der Waals surface area contributed by atoms with Crippen molar-refractivity contribution in [2.75, 3.05) is 13.7 Å². The van der Waals surface area contributed by atoms with Gasteiger partial charge >= 0.3 is 5.97 Å². The van der Waals surface area contributed by atoms with E-state index in [0.29, 0.717) is 0 Å². The molecule has 0 aromatic heterocycles. The summed E-state index contributed by atoms with van der Waals surface area (Å²) >= 11 is 0. The number of methoxy groups -OCH3 is 1. The third-order valence-electron chi connectivity index (χ3n) is 6.54. The highest BCUT2D eigenvalue weighted by molar-refractivity contribution is 5.93. The zero-order valence-corrected chi connectivity index (χ0v) is 17.8. The van der Waals surface area contributed by atoms with E-state index >= 15 is 0 Å². The molecule has 2 aromatic rings. The molecule has 164 valence electrons. The Bertz CT molecular complexity index is 905. The number of carbonyl (C=O) groups is 2. The van der Waals surface area contributed by atoms with Gasteiger partial charge in [-0.3, -0.25) is 4.79 Å². The van der Waals surface area contributed by atoms with Crippen LogP contribution in [-0.2, 0) is 26.3 Å². The summed E-state index contributed by atoms with van der Waals surface area (Å²) in [5.41, 5.74) is 1.15. The molecule has 1 aliphatic carbocycles. The maximum absolute atomic E-state index is 13.8. The summed E-state index contributed by atoms with van der Waals surface area (Å²) in [5.74, 6) is 0.188. The van der Waals surface area contributed by atoms with Gasteiger partial charge in [-0.25, -0.2) is 4.79 Å². The van der Waals surface area contributed by atoms with Gasteiger partial charge in [0.1, 0.15) is 18.4 Å². The number of carbonyl (C=O) groups excluding carboxylic acids is 2. The van der Waals surface area contributed by atoms with Crippen LogP contribution < -0.4 is 4.74 Å². The number of hydrogen-bond donors (Lipinski definition) is 1. The lowest BCUT2D eigenvalue weighted by Gasteiger charge is -2.35. The Balaban J connectivity index is 1.54. The number of aliphatic hydroxyl groups excluding tert-OH is 1. The first-order valence-electron chi connectivity index (χ1n) is 10.9. The van der Waals surface area contributed by atoms with Crippen LogP contribution >= 0.6 is 0 Å². The van der Waals surface area contributed by atoms with Gasteiger partial charge in [-0.15, -0.1) is 0 Å². The average molecular weight is 424 g/mol. The fourth-order valence-electron chi connectivity index (χ4n) is 4.88. The fraction of sp³-hybridized carbons (Fsp3) is 0.440. The molecule has 1 N–H and O–H groups in total. The first-order chi connectivity index (χ1) is 15.0. The number of aliphatic hydroxyl groups is 1. The monoisotopic (exact) mass is 423 g/mol. The van der Waals surface area contributed by atoms with Gasteiger partial charge in [-0.2, -0.15) is 0 Å². The van der Waals surface area contributed by atoms with E-state index in [1.54, 1.807) is 12.0 Å². The van der Waals surface area contributed by atoms with Crippen molar-refractivity contribution in [2.45, 2.75) is 56.3 Å². The van der Waals surface area contributed by atoms with Crippen LogP contribution in [0.3, 0.4) is 0 Å². The SMILES string of the molecule is COc1ccc(C2(C(=O)N3C[C@@H](O)C[C@@H]3C(=O)OCc3ccccc3)CCCC2)cc1. The predicted octanol–water partition coefficient (Wildman–Crippen LogP) is 3.21. The number of ether oxygens (including phenoxy) is 2. The molecule has 2 aromatic carbocycles. The van der Waals surface area contributed by atoms with E-state index in [-0.39, 0.29) is 25.5 Å². The lowest BCUT2D eigenvalue weighted by molar-refractivity contribution is -0.156. The number of esters is 1. The molecular weight excluding hydrogens is 394 g/mol. The Morgan fingerprint density at radius 3 is 2.39 bits per heavy atom. The van der Waals surface area contributed by atoms with Crippen molar-refractivity contribution >= 4 is 11.9 Å². The standard InChI is InChI=1S/C25H29NO5/c1-30-21-11-9-19(10-12-21)25(13-5-6-14-25)24(29)26-16-20(27)15-22(26)23(28)31-17-18-7-3-2-4-8-18/h2-4,7-12,20,22,27H,5-6,13-17H2,1H3/t20-,22+/m0/s1. The topological polar surface area (TPSA) is 76.1 Å². The quantitative estimate of drug-likeness (QED) is 0.722. The van der Waals surface area contributed by atoms with Crippen LogP contribution in [0.5, 0.6) is 5.75 Å². The Hall–Kier alpha value is -2.86. The second-order valence-electron chi connectivity index (χ2n) is 8.47. The van der Waals surface area contributed by atoms with Gasteiger partial charge in [-0.05, 0) is 36.1 Å². The van der Waals surface area contributed by atoms with Crippen LogP contribution in [-0.4, -0.2) is 47.7 Å².